The second-order valence-corrected chi connectivity index (χ2v) is 7.31. The van der Waals surface area contributed by atoms with Crippen molar-refractivity contribution in [3.63, 3.8) is 0 Å². The summed E-state index contributed by atoms with van der Waals surface area (Å²) in [4.78, 5) is 0. The molecule has 1 saturated heterocycles. The summed E-state index contributed by atoms with van der Waals surface area (Å²) in [5.74, 6) is 0.679. The molecule has 3 atom stereocenters. The lowest BCUT2D eigenvalue weighted by molar-refractivity contribution is 0.0227. The summed E-state index contributed by atoms with van der Waals surface area (Å²) in [6.45, 7) is 8.98. The quantitative estimate of drug-likeness (QED) is 0.810. The van der Waals surface area contributed by atoms with E-state index in [0.29, 0.717) is 17.4 Å². The molecule has 0 bridgehead atoms. The van der Waals surface area contributed by atoms with E-state index in [0.717, 1.165) is 32.4 Å². The van der Waals surface area contributed by atoms with Gasteiger partial charge in [0.2, 0.25) is 0 Å². The van der Waals surface area contributed by atoms with Gasteiger partial charge >= 0.3 is 0 Å². The lowest BCUT2D eigenvalue weighted by Gasteiger charge is -2.47. The summed E-state index contributed by atoms with van der Waals surface area (Å²) in [6.07, 6.45) is 6.10. The van der Waals surface area contributed by atoms with E-state index in [4.69, 9.17) is 4.74 Å². The van der Waals surface area contributed by atoms with Gasteiger partial charge in [-0.15, -0.1) is 0 Å². The van der Waals surface area contributed by atoms with Gasteiger partial charge in [-0.1, -0.05) is 20.8 Å². The average molecular weight is 255 g/mol. The first-order chi connectivity index (χ1) is 8.45. The average Bonchev–Trinajstić information content (AvgIpc) is 2.76. The monoisotopic (exact) mass is 255 g/mol. The van der Waals surface area contributed by atoms with Gasteiger partial charge in [-0.2, -0.15) is 0 Å². The van der Waals surface area contributed by atoms with Crippen LogP contribution in [0.5, 0.6) is 0 Å². The molecule has 3 unspecified atom stereocenters. The topological polar surface area (TPSA) is 41.5 Å². The molecule has 0 spiro atoms. The van der Waals surface area contributed by atoms with E-state index in [-0.39, 0.29) is 12.1 Å². The fourth-order valence-corrected chi connectivity index (χ4v) is 4.19. The molecule has 1 aliphatic heterocycles. The molecule has 0 radical (unpaired) electrons. The van der Waals surface area contributed by atoms with Crippen LogP contribution < -0.4 is 5.32 Å². The summed E-state index contributed by atoms with van der Waals surface area (Å²) in [7, 11) is 0. The Morgan fingerprint density at radius 3 is 2.67 bits per heavy atom. The van der Waals surface area contributed by atoms with Gasteiger partial charge in [0.05, 0.1) is 12.7 Å². The number of rotatable bonds is 4. The van der Waals surface area contributed by atoms with Gasteiger partial charge in [0.15, 0.2) is 0 Å². The standard InChI is InChI=1S/C15H29NO2/c1-12-7-14(2,3)10-15(8-12,11-17)16-9-13-5-4-6-18-13/h12-13,16-17H,4-11H2,1-3H3. The van der Waals surface area contributed by atoms with Gasteiger partial charge in [0.25, 0.3) is 0 Å². The molecule has 0 aromatic carbocycles. The van der Waals surface area contributed by atoms with E-state index in [1.54, 1.807) is 0 Å². The minimum Gasteiger partial charge on any atom is -0.394 e. The van der Waals surface area contributed by atoms with Crippen molar-refractivity contribution in [3.05, 3.63) is 0 Å². The minimum atomic E-state index is -0.0902. The third kappa shape index (κ3) is 3.46. The van der Waals surface area contributed by atoms with Gasteiger partial charge in [0.1, 0.15) is 0 Å². The number of nitrogens with one attached hydrogen (secondary N) is 1. The summed E-state index contributed by atoms with van der Waals surface area (Å²) in [6, 6.07) is 0. The molecule has 0 aromatic heterocycles. The highest BCUT2D eigenvalue weighted by atomic mass is 16.5. The number of hydrogen-bond donors (Lipinski definition) is 2. The summed E-state index contributed by atoms with van der Waals surface area (Å²) >= 11 is 0. The molecule has 3 nitrogen and oxygen atoms in total. The van der Waals surface area contributed by atoms with E-state index < -0.39 is 0 Å². The maximum absolute atomic E-state index is 9.86. The molecule has 2 N–H and O–H groups in total. The highest BCUT2D eigenvalue weighted by molar-refractivity contribution is 4.99. The second kappa shape index (κ2) is 5.48. The van der Waals surface area contributed by atoms with Crippen molar-refractivity contribution < 1.29 is 9.84 Å². The third-order valence-electron chi connectivity index (χ3n) is 4.49. The Morgan fingerprint density at radius 1 is 1.33 bits per heavy atom. The fraction of sp³-hybridized carbons (Fsp3) is 1.00. The Balaban J connectivity index is 1.95. The van der Waals surface area contributed by atoms with Crippen LogP contribution in [0.25, 0.3) is 0 Å². The first-order valence-electron chi connectivity index (χ1n) is 7.42. The first-order valence-corrected chi connectivity index (χ1v) is 7.42. The molecule has 1 heterocycles. The van der Waals surface area contributed by atoms with Gasteiger partial charge in [-0.25, -0.2) is 0 Å². The van der Waals surface area contributed by atoms with Crippen LogP contribution in [0, 0.1) is 11.3 Å². The molecule has 3 heteroatoms. The molecule has 1 aliphatic carbocycles. The lowest BCUT2D eigenvalue weighted by atomic mass is 9.64. The van der Waals surface area contributed by atoms with E-state index in [1.165, 1.54) is 12.8 Å². The van der Waals surface area contributed by atoms with Crippen LogP contribution in [0.2, 0.25) is 0 Å². The zero-order valence-electron chi connectivity index (χ0n) is 12.2. The van der Waals surface area contributed by atoms with Gasteiger partial charge in [-0.3, -0.25) is 0 Å². The predicted octanol–water partition coefficient (Wildman–Crippen LogP) is 2.33. The zero-order valence-corrected chi connectivity index (χ0v) is 12.2. The van der Waals surface area contributed by atoms with Crippen LogP contribution in [0.1, 0.15) is 52.9 Å². The van der Waals surface area contributed by atoms with Crippen molar-refractivity contribution in [2.75, 3.05) is 19.8 Å². The summed E-state index contributed by atoms with van der Waals surface area (Å²) in [5.41, 5.74) is 0.233. The second-order valence-electron chi connectivity index (χ2n) is 7.31. The third-order valence-corrected chi connectivity index (χ3v) is 4.49. The Morgan fingerprint density at radius 2 is 2.11 bits per heavy atom. The van der Waals surface area contributed by atoms with Crippen molar-refractivity contribution in [3.8, 4) is 0 Å². The Kier molecular flexibility index (Phi) is 4.35. The molecule has 2 rings (SSSR count). The van der Waals surface area contributed by atoms with E-state index >= 15 is 0 Å². The fourth-order valence-electron chi connectivity index (χ4n) is 4.19. The SMILES string of the molecule is CC1CC(C)(C)CC(CO)(NCC2CCCO2)C1. The highest BCUT2D eigenvalue weighted by Gasteiger charge is 2.42. The van der Waals surface area contributed by atoms with Gasteiger partial charge < -0.3 is 15.2 Å². The molecular weight excluding hydrogens is 226 g/mol. The highest BCUT2D eigenvalue weighted by Crippen LogP contribution is 2.43. The molecule has 0 amide bonds. The van der Waals surface area contributed by atoms with Crippen molar-refractivity contribution in [2.24, 2.45) is 11.3 Å². The van der Waals surface area contributed by atoms with E-state index in [2.05, 4.69) is 26.1 Å². The number of hydrogen-bond acceptors (Lipinski definition) is 3. The van der Waals surface area contributed by atoms with Gasteiger partial charge in [0, 0.05) is 18.7 Å². The molecule has 1 saturated carbocycles. The van der Waals surface area contributed by atoms with Gasteiger partial charge in [-0.05, 0) is 43.4 Å². The maximum Gasteiger partial charge on any atom is 0.0700 e. The lowest BCUT2D eigenvalue weighted by Crippen LogP contribution is -2.56. The van der Waals surface area contributed by atoms with Crippen LogP contribution in [0.3, 0.4) is 0 Å². The smallest absolute Gasteiger partial charge is 0.0700 e. The summed E-state index contributed by atoms with van der Waals surface area (Å²) in [5, 5.41) is 13.5. The molecule has 2 fully saturated rings. The van der Waals surface area contributed by atoms with E-state index in [1.807, 2.05) is 0 Å². The number of ether oxygens (including phenoxy) is 1. The molecule has 18 heavy (non-hydrogen) atoms. The summed E-state index contributed by atoms with van der Waals surface area (Å²) < 4.78 is 5.67. The minimum absolute atomic E-state index is 0.0902. The largest absolute Gasteiger partial charge is 0.394 e. The van der Waals surface area contributed by atoms with Crippen LogP contribution in [-0.4, -0.2) is 36.5 Å². The molecule has 2 aliphatic rings. The normalized spacial score (nSPS) is 40.0. The predicted molar refractivity (Wildman–Crippen MR) is 73.6 cm³/mol. The van der Waals surface area contributed by atoms with Crippen LogP contribution in [0.4, 0.5) is 0 Å². The Bertz CT molecular complexity index is 274. The molecule has 106 valence electrons. The zero-order chi connectivity index (χ0) is 13.2. The van der Waals surface area contributed by atoms with Crippen molar-refractivity contribution in [1.82, 2.24) is 5.32 Å². The number of aliphatic hydroxyl groups is 1. The van der Waals surface area contributed by atoms with Crippen LogP contribution in [0.15, 0.2) is 0 Å². The molecule has 0 aromatic rings. The Labute approximate surface area is 111 Å². The van der Waals surface area contributed by atoms with Crippen LogP contribution in [-0.2, 0) is 4.74 Å². The molecular formula is C15H29NO2. The van der Waals surface area contributed by atoms with Crippen molar-refractivity contribution >= 4 is 0 Å². The Hall–Kier alpha value is -0.120. The van der Waals surface area contributed by atoms with Crippen molar-refractivity contribution in [1.29, 1.82) is 0 Å². The first kappa shape index (κ1) is 14.3. The number of aliphatic hydroxyl groups excluding tert-OH is 1. The van der Waals surface area contributed by atoms with E-state index in [9.17, 15) is 5.11 Å². The van der Waals surface area contributed by atoms with Crippen LogP contribution >= 0.6 is 0 Å². The maximum atomic E-state index is 9.86. The van der Waals surface area contributed by atoms with Crippen molar-refractivity contribution in [2.45, 2.75) is 64.5 Å².